The SMILES string of the molecule is COc1cccc(-c2ccc(C(=O)N3CCC(OCC4CC4)C3)cc2)c1. The van der Waals surface area contributed by atoms with Gasteiger partial charge in [-0.25, -0.2) is 0 Å². The van der Waals surface area contributed by atoms with Crippen LogP contribution in [0.5, 0.6) is 5.75 Å². The van der Waals surface area contributed by atoms with Crippen molar-refractivity contribution >= 4 is 5.91 Å². The lowest BCUT2D eigenvalue weighted by Gasteiger charge is -2.17. The highest BCUT2D eigenvalue weighted by Crippen LogP contribution is 2.30. The first-order valence-corrected chi connectivity index (χ1v) is 9.38. The molecule has 1 saturated heterocycles. The largest absolute Gasteiger partial charge is 0.497 e. The molecule has 1 heterocycles. The Morgan fingerprint density at radius 2 is 1.88 bits per heavy atom. The molecule has 0 radical (unpaired) electrons. The highest BCUT2D eigenvalue weighted by Gasteiger charge is 2.29. The zero-order valence-electron chi connectivity index (χ0n) is 15.2. The predicted octanol–water partition coefficient (Wildman–Crippen LogP) is 4.00. The van der Waals surface area contributed by atoms with Crippen LogP contribution < -0.4 is 4.74 Å². The van der Waals surface area contributed by atoms with Gasteiger partial charge >= 0.3 is 0 Å². The molecule has 0 aromatic heterocycles. The van der Waals surface area contributed by atoms with Gasteiger partial charge in [-0.05, 0) is 60.6 Å². The summed E-state index contributed by atoms with van der Waals surface area (Å²) in [5, 5.41) is 0. The van der Waals surface area contributed by atoms with Gasteiger partial charge in [0.15, 0.2) is 0 Å². The van der Waals surface area contributed by atoms with Crippen LogP contribution in [0.15, 0.2) is 48.5 Å². The highest BCUT2D eigenvalue weighted by atomic mass is 16.5. The van der Waals surface area contributed by atoms with Crippen molar-refractivity contribution in [3.63, 3.8) is 0 Å². The van der Waals surface area contributed by atoms with Crippen molar-refractivity contribution in [2.45, 2.75) is 25.4 Å². The van der Waals surface area contributed by atoms with Crippen molar-refractivity contribution in [3.05, 3.63) is 54.1 Å². The van der Waals surface area contributed by atoms with Crippen molar-refractivity contribution in [2.75, 3.05) is 26.8 Å². The van der Waals surface area contributed by atoms with Gasteiger partial charge in [-0.2, -0.15) is 0 Å². The predicted molar refractivity (Wildman–Crippen MR) is 101 cm³/mol. The molecule has 2 aliphatic rings. The Morgan fingerprint density at radius 3 is 2.62 bits per heavy atom. The molecular formula is C22H25NO3. The van der Waals surface area contributed by atoms with Crippen LogP contribution in [0.25, 0.3) is 11.1 Å². The van der Waals surface area contributed by atoms with E-state index in [-0.39, 0.29) is 12.0 Å². The summed E-state index contributed by atoms with van der Waals surface area (Å²) in [6.07, 6.45) is 3.75. The van der Waals surface area contributed by atoms with E-state index in [9.17, 15) is 4.79 Å². The molecular weight excluding hydrogens is 326 g/mol. The van der Waals surface area contributed by atoms with Crippen LogP contribution in [0.3, 0.4) is 0 Å². The molecule has 1 aliphatic carbocycles. The zero-order chi connectivity index (χ0) is 17.9. The van der Waals surface area contributed by atoms with E-state index in [1.165, 1.54) is 12.8 Å². The lowest BCUT2D eigenvalue weighted by atomic mass is 10.0. The molecule has 1 amide bonds. The van der Waals surface area contributed by atoms with Crippen LogP contribution in [0.1, 0.15) is 29.6 Å². The van der Waals surface area contributed by atoms with E-state index in [2.05, 4.69) is 0 Å². The van der Waals surface area contributed by atoms with E-state index in [4.69, 9.17) is 9.47 Å². The fraction of sp³-hybridized carbons (Fsp3) is 0.409. The molecule has 4 rings (SSSR count). The molecule has 2 aromatic rings. The Hall–Kier alpha value is -2.33. The number of benzene rings is 2. The number of hydrogen-bond acceptors (Lipinski definition) is 3. The van der Waals surface area contributed by atoms with Gasteiger partial charge in [0.2, 0.25) is 0 Å². The molecule has 2 aromatic carbocycles. The summed E-state index contributed by atoms with van der Waals surface area (Å²) in [7, 11) is 1.67. The Morgan fingerprint density at radius 1 is 1.08 bits per heavy atom. The molecule has 1 atom stereocenters. The third-order valence-corrected chi connectivity index (χ3v) is 5.23. The maximum atomic E-state index is 12.7. The molecule has 136 valence electrons. The number of carbonyl (C=O) groups is 1. The van der Waals surface area contributed by atoms with Gasteiger partial charge in [-0.1, -0.05) is 24.3 Å². The second-order valence-corrected chi connectivity index (χ2v) is 7.25. The topological polar surface area (TPSA) is 38.8 Å². The number of ether oxygens (including phenoxy) is 2. The third kappa shape index (κ3) is 3.91. The summed E-state index contributed by atoms with van der Waals surface area (Å²) in [5.74, 6) is 1.69. The summed E-state index contributed by atoms with van der Waals surface area (Å²) < 4.78 is 11.2. The van der Waals surface area contributed by atoms with E-state index in [1.54, 1.807) is 7.11 Å². The molecule has 0 spiro atoms. The van der Waals surface area contributed by atoms with E-state index in [0.717, 1.165) is 47.9 Å². The standard InChI is InChI=1S/C22H25NO3/c1-25-20-4-2-3-19(13-20)17-7-9-18(10-8-17)22(24)23-12-11-21(14-23)26-15-16-5-6-16/h2-4,7-10,13,16,21H,5-6,11-12,14-15H2,1H3. The number of nitrogens with zero attached hydrogens (tertiary/aromatic N) is 1. The van der Waals surface area contributed by atoms with Crippen LogP contribution in [0.2, 0.25) is 0 Å². The lowest BCUT2D eigenvalue weighted by Crippen LogP contribution is -2.30. The van der Waals surface area contributed by atoms with Crippen LogP contribution in [-0.2, 0) is 4.74 Å². The molecule has 2 fully saturated rings. The molecule has 0 N–H and O–H groups in total. The number of methoxy groups -OCH3 is 1. The van der Waals surface area contributed by atoms with Gasteiger partial charge in [-0.15, -0.1) is 0 Å². The molecule has 1 unspecified atom stereocenters. The number of likely N-dealkylation sites (tertiary alicyclic amines) is 1. The summed E-state index contributed by atoms with van der Waals surface area (Å²) in [6, 6.07) is 15.8. The van der Waals surface area contributed by atoms with E-state index < -0.39 is 0 Å². The molecule has 4 heteroatoms. The minimum atomic E-state index is 0.0970. The van der Waals surface area contributed by atoms with Crippen LogP contribution in [0, 0.1) is 5.92 Å². The Balaban J connectivity index is 1.39. The van der Waals surface area contributed by atoms with Gasteiger partial charge in [0.25, 0.3) is 5.91 Å². The summed E-state index contributed by atoms with van der Waals surface area (Å²) in [4.78, 5) is 14.7. The number of carbonyl (C=O) groups excluding carboxylic acids is 1. The Bertz CT molecular complexity index is 767. The van der Waals surface area contributed by atoms with Gasteiger partial charge in [0.05, 0.1) is 13.2 Å². The van der Waals surface area contributed by atoms with Crippen LogP contribution in [0.4, 0.5) is 0 Å². The smallest absolute Gasteiger partial charge is 0.253 e. The molecule has 4 nitrogen and oxygen atoms in total. The maximum Gasteiger partial charge on any atom is 0.253 e. The molecule has 26 heavy (non-hydrogen) atoms. The van der Waals surface area contributed by atoms with E-state index in [0.29, 0.717) is 6.54 Å². The van der Waals surface area contributed by atoms with Crippen LogP contribution in [-0.4, -0.2) is 43.7 Å². The van der Waals surface area contributed by atoms with Crippen molar-refractivity contribution in [1.82, 2.24) is 4.90 Å². The van der Waals surface area contributed by atoms with Gasteiger partial charge in [-0.3, -0.25) is 4.79 Å². The van der Waals surface area contributed by atoms with E-state index >= 15 is 0 Å². The molecule has 1 aliphatic heterocycles. The maximum absolute atomic E-state index is 12.7. The second-order valence-electron chi connectivity index (χ2n) is 7.25. The third-order valence-electron chi connectivity index (χ3n) is 5.23. The summed E-state index contributed by atoms with van der Waals surface area (Å²) >= 11 is 0. The zero-order valence-corrected chi connectivity index (χ0v) is 15.2. The number of amides is 1. The fourth-order valence-electron chi connectivity index (χ4n) is 3.40. The van der Waals surface area contributed by atoms with Gasteiger partial charge < -0.3 is 14.4 Å². The van der Waals surface area contributed by atoms with Crippen LogP contribution >= 0.6 is 0 Å². The highest BCUT2D eigenvalue weighted by molar-refractivity contribution is 5.95. The van der Waals surface area contributed by atoms with Crippen molar-refractivity contribution in [1.29, 1.82) is 0 Å². The first-order valence-electron chi connectivity index (χ1n) is 9.38. The monoisotopic (exact) mass is 351 g/mol. The summed E-state index contributed by atoms with van der Waals surface area (Å²) in [5.41, 5.74) is 2.89. The first-order chi connectivity index (χ1) is 12.7. The fourth-order valence-corrected chi connectivity index (χ4v) is 3.40. The lowest BCUT2D eigenvalue weighted by molar-refractivity contribution is 0.0480. The second kappa shape index (κ2) is 7.50. The number of rotatable bonds is 6. The van der Waals surface area contributed by atoms with Crippen molar-refractivity contribution in [2.24, 2.45) is 5.92 Å². The minimum absolute atomic E-state index is 0.0970. The average Bonchev–Trinajstić information content (AvgIpc) is 3.41. The number of hydrogen-bond donors (Lipinski definition) is 0. The Kier molecular flexibility index (Phi) is 4.93. The first kappa shape index (κ1) is 17.1. The van der Waals surface area contributed by atoms with E-state index in [1.807, 2.05) is 53.4 Å². The van der Waals surface area contributed by atoms with Crippen molar-refractivity contribution in [3.8, 4) is 16.9 Å². The average molecular weight is 351 g/mol. The van der Waals surface area contributed by atoms with Gasteiger partial charge in [0, 0.05) is 25.3 Å². The van der Waals surface area contributed by atoms with Crippen molar-refractivity contribution < 1.29 is 14.3 Å². The minimum Gasteiger partial charge on any atom is -0.497 e. The quantitative estimate of drug-likeness (QED) is 0.789. The molecule has 0 bridgehead atoms. The molecule has 1 saturated carbocycles. The summed E-state index contributed by atoms with van der Waals surface area (Å²) in [6.45, 7) is 2.36. The normalized spacial score (nSPS) is 19.6. The van der Waals surface area contributed by atoms with Gasteiger partial charge in [0.1, 0.15) is 5.75 Å². The Labute approximate surface area is 154 Å².